The van der Waals surface area contributed by atoms with Crippen LogP contribution in [0, 0.1) is 5.41 Å². The van der Waals surface area contributed by atoms with Crippen LogP contribution in [0.1, 0.15) is 25.7 Å². The van der Waals surface area contributed by atoms with Crippen LogP contribution in [0.3, 0.4) is 0 Å². The molecule has 0 spiro atoms. The van der Waals surface area contributed by atoms with Crippen LogP contribution in [0.2, 0.25) is 0 Å². The Morgan fingerprint density at radius 3 is 2.64 bits per heavy atom. The van der Waals surface area contributed by atoms with Gasteiger partial charge in [0.15, 0.2) is 5.96 Å². The summed E-state index contributed by atoms with van der Waals surface area (Å²) in [5.74, 6) is 0.106. The Hall–Kier alpha value is -1.26. The first-order chi connectivity index (χ1) is 6.68. The van der Waals surface area contributed by atoms with Gasteiger partial charge in [-0.2, -0.15) is 0 Å². The molecule has 0 fully saturated rings. The highest BCUT2D eigenvalue weighted by atomic mass is 16.5. The van der Waals surface area contributed by atoms with E-state index in [2.05, 4.69) is 4.74 Å². The number of rotatable bonds is 8. The second-order valence-electron chi connectivity index (χ2n) is 3.19. The molecule has 0 aliphatic heterocycles. The maximum Gasteiger partial charge on any atom is 0.293 e. The predicted molar refractivity (Wildman–Crippen MR) is 55.0 cm³/mol. The summed E-state index contributed by atoms with van der Waals surface area (Å²) >= 11 is 0. The SMILES string of the molecule is CN(CCCCCCOC=O)C(=N)N. The summed E-state index contributed by atoms with van der Waals surface area (Å²) in [6.45, 7) is 1.79. The Balaban J connectivity index is 3.13. The third-order valence-electron chi connectivity index (χ3n) is 1.99. The van der Waals surface area contributed by atoms with Crippen molar-refractivity contribution in [3.8, 4) is 0 Å². The van der Waals surface area contributed by atoms with E-state index in [1.165, 1.54) is 0 Å². The highest BCUT2D eigenvalue weighted by Crippen LogP contribution is 2.00. The van der Waals surface area contributed by atoms with Gasteiger partial charge in [-0.25, -0.2) is 0 Å². The number of hydrogen-bond acceptors (Lipinski definition) is 3. The van der Waals surface area contributed by atoms with E-state index in [9.17, 15) is 4.79 Å². The fraction of sp³-hybridized carbons (Fsp3) is 0.778. The lowest BCUT2D eigenvalue weighted by Crippen LogP contribution is -2.33. The van der Waals surface area contributed by atoms with Crippen molar-refractivity contribution in [2.45, 2.75) is 25.7 Å². The number of ether oxygens (including phenoxy) is 1. The number of nitrogens with two attached hydrogens (primary N) is 1. The van der Waals surface area contributed by atoms with E-state index in [1.54, 1.807) is 11.9 Å². The zero-order valence-corrected chi connectivity index (χ0v) is 8.66. The summed E-state index contributed by atoms with van der Waals surface area (Å²) in [7, 11) is 1.80. The number of carbonyl (C=O) groups is 1. The van der Waals surface area contributed by atoms with Crippen molar-refractivity contribution in [3.05, 3.63) is 0 Å². The Kier molecular flexibility index (Phi) is 7.59. The van der Waals surface area contributed by atoms with E-state index >= 15 is 0 Å². The van der Waals surface area contributed by atoms with Crippen molar-refractivity contribution < 1.29 is 9.53 Å². The van der Waals surface area contributed by atoms with Crippen LogP contribution >= 0.6 is 0 Å². The summed E-state index contributed by atoms with van der Waals surface area (Å²) < 4.78 is 4.55. The second kappa shape index (κ2) is 8.34. The molecule has 0 heterocycles. The number of guanidine groups is 1. The summed E-state index contributed by atoms with van der Waals surface area (Å²) in [6.07, 6.45) is 4.03. The molecule has 0 aromatic carbocycles. The normalized spacial score (nSPS) is 9.50. The Morgan fingerprint density at radius 1 is 1.43 bits per heavy atom. The molecule has 0 radical (unpaired) electrons. The van der Waals surface area contributed by atoms with Gasteiger partial charge in [0, 0.05) is 13.6 Å². The fourth-order valence-corrected chi connectivity index (χ4v) is 1.06. The monoisotopic (exact) mass is 201 g/mol. The number of hydrogen-bond donors (Lipinski definition) is 2. The standard InChI is InChI=1S/C9H19N3O2/c1-12(9(10)11)6-4-2-3-5-7-14-8-13/h8H,2-7H2,1H3,(H3,10,11). The molecular weight excluding hydrogens is 182 g/mol. The van der Waals surface area contributed by atoms with Crippen molar-refractivity contribution >= 4 is 12.4 Å². The van der Waals surface area contributed by atoms with Gasteiger partial charge in [-0.05, 0) is 19.3 Å². The number of nitrogens with one attached hydrogen (secondary N) is 1. The molecule has 14 heavy (non-hydrogen) atoms. The Labute approximate surface area is 84.7 Å². The molecule has 5 nitrogen and oxygen atoms in total. The Bertz CT molecular complexity index is 173. The molecule has 0 unspecified atom stereocenters. The summed E-state index contributed by atoms with van der Waals surface area (Å²) in [4.78, 5) is 11.5. The first-order valence-electron chi connectivity index (χ1n) is 4.79. The topological polar surface area (TPSA) is 79.4 Å². The van der Waals surface area contributed by atoms with E-state index in [4.69, 9.17) is 11.1 Å². The van der Waals surface area contributed by atoms with Crippen molar-refractivity contribution in [2.24, 2.45) is 5.73 Å². The third-order valence-corrected chi connectivity index (χ3v) is 1.99. The average Bonchev–Trinajstić information content (AvgIpc) is 2.16. The predicted octanol–water partition coefficient (Wildman–Crippen LogP) is 0.545. The van der Waals surface area contributed by atoms with Crippen molar-refractivity contribution in [2.75, 3.05) is 20.2 Å². The van der Waals surface area contributed by atoms with E-state index in [0.29, 0.717) is 13.1 Å². The molecule has 0 aromatic heterocycles. The largest absolute Gasteiger partial charge is 0.468 e. The maximum absolute atomic E-state index is 9.79. The smallest absolute Gasteiger partial charge is 0.293 e. The van der Waals surface area contributed by atoms with Gasteiger partial charge in [0.05, 0.1) is 6.61 Å². The minimum Gasteiger partial charge on any atom is -0.468 e. The van der Waals surface area contributed by atoms with Crippen LogP contribution in [0.25, 0.3) is 0 Å². The average molecular weight is 201 g/mol. The molecule has 0 bridgehead atoms. The van der Waals surface area contributed by atoms with Crippen LogP contribution in [-0.2, 0) is 9.53 Å². The number of carbonyl (C=O) groups excluding carboxylic acids is 1. The van der Waals surface area contributed by atoms with Gasteiger partial charge in [0.25, 0.3) is 6.47 Å². The van der Waals surface area contributed by atoms with Gasteiger partial charge in [0.2, 0.25) is 0 Å². The molecule has 0 amide bonds. The van der Waals surface area contributed by atoms with Gasteiger partial charge < -0.3 is 15.4 Å². The molecular formula is C9H19N3O2. The molecule has 0 rings (SSSR count). The minimum atomic E-state index is 0.106. The zero-order chi connectivity index (χ0) is 10.8. The fourth-order valence-electron chi connectivity index (χ4n) is 1.06. The highest BCUT2D eigenvalue weighted by molar-refractivity contribution is 5.74. The van der Waals surface area contributed by atoms with E-state index in [0.717, 1.165) is 32.2 Å². The van der Waals surface area contributed by atoms with Gasteiger partial charge in [-0.15, -0.1) is 0 Å². The van der Waals surface area contributed by atoms with Gasteiger partial charge >= 0.3 is 0 Å². The lowest BCUT2D eigenvalue weighted by Gasteiger charge is -2.15. The molecule has 0 atom stereocenters. The van der Waals surface area contributed by atoms with Crippen LogP contribution < -0.4 is 5.73 Å². The molecule has 0 aliphatic carbocycles. The number of unbranched alkanes of at least 4 members (excludes halogenated alkanes) is 3. The first-order valence-corrected chi connectivity index (χ1v) is 4.79. The second-order valence-corrected chi connectivity index (χ2v) is 3.19. The molecule has 5 heteroatoms. The van der Waals surface area contributed by atoms with Gasteiger partial charge in [-0.3, -0.25) is 10.2 Å². The molecule has 0 aliphatic rings. The lowest BCUT2D eigenvalue weighted by molar-refractivity contribution is -0.128. The molecule has 82 valence electrons. The van der Waals surface area contributed by atoms with Gasteiger partial charge in [-0.1, -0.05) is 6.42 Å². The van der Waals surface area contributed by atoms with Gasteiger partial charge in [0.1, 0.15) is 0 Å². The molecule has 0 saturated heterocycles. The maximum atomic E-state index is 9.79. The summed E-state index contributed by atoms with van der Waals surface area (Å²) in [5, 5.41) is 7.12. The van der Waals surface area contributed by atoms with Crippen molar-refractivity contribution in [1.29, 1.82) is 5.41 Å². The van der Waals surface area contributed by atoms with Crippen LogP contribution in [0.15, 0.2) is 0 Å². The van der Waals surface area contributed by atoms with Crippen molar-refractivity contribution in [3.63, 3.8) is 0 Å². The van der Waals surface area contributed by atoms with E-state index < -0.39 is 0 Å². The minimum absolute atomic E-state index is 0.106. The van der Waals surface area contributed by atoms with Crippen molar-refractivity contribution in [1.82, 2.24) is 4.90 Å². The zero-order valence-electron chi connectivity index (χ0n) is 8.66. The van der Waals surface area contributed by atoms with Crippen LogP contribution in [-0.4, -0.2) is 37.5 Å². The molecule has 0 saturated carbocycles. The highest BCUT2D eigenvalue weighted by Gasteiger charge is 1.98. The molecule has 3 N–H and O–H groups in total. The Morgan fingerprint density at radius 2 is 2.07 bits per heavy atom. The van der Waals surface area contributed by atoms with E-state index in [-0.39, 0.29) is 5.96 Å². The summed E-state index contributed by atoms with van der Waals surface area (Å²) in [5.41, 5.74) is 5.27. The first kappa shape index (κ1) is 12.7. The molecule has 0 aromatic rings. The van der Waals surface area contributed by atoms with E-state index in [1.807, 2.05) is 0 Å². The van der Waals surface area contributed by atoms with Crippen LogP contribution in [0.5, 0.6) is 0 Å². The number of nitrogens with zero attached hydrogens (tertiary/aromatic N) is 1. The lowest BCUT2D eigenvalue weighted by atomic mass is 10.2. The van der Waals surface area contributed by atoms with Crippen LogP contribution in [0.4, 0.5) is 0 Å². The summed E-state index contributed by atoms with van der Waals surface area (Å²) in [6, 6.07) is 0. The third kappa shape index (κ3) is 7.39. The quantitative estimate of drug-likeness (QED) is 0.260.